The first-order valence-electron chi connectivity index (χ1n) is 19.9. The lowest BCUT2D eigenvalue weighted by Gasteiger charge is -2.39. The van der Waals surface area contributed by atoms with E-state index in [1.54, 1.807) is 0 Å². The summed E-state index contributed by atoms with van der Waals surface area (Å²) in [6.07, 6.45) is 22.9. The second-order valence-electron chi connectivity index (χ2n) is 14.5. The summed E-state index contributed by atoms with van der Waals surface area (Å²) in [7, 11) is 1.33. The molecule has 8 heteroatoms. The SMILES string of the molecule is CCCCCCCCCCCCCCC[C@H](O)[C@H](C(=O)OC[C@H]1O[C@H](OC)[C@H](O)[C@@H](O)[C@@H]1O)[C@H](C)CCCCCCCCCCCC. The van der Waals surface area contributed by atoms with E-state index >= 15 is 0 Å². The number of methoxy groups -OCH3 is 1. The molecule has 0 saturated carbocycles. The summed E-state index contributed by atoms with van der Waals surface area (Å²) in [5.74, 6) is -1.22. The van der Waals surface area contributed by atoms with E-state index in [0.29, 0.717) is 6.42 Å². The highest BCUT2D eigenvalue weighted by molar-refractivity contribution is 5.73. The van der Waals surface area contributed by atoms with Gasteiger partial charge in [-0.2, -0.15) is 0 Å². The van der Waals surface area contributed by atoms with Crippen LogP contribution in [-0.4, -0.2) is 76.9 Å². The van der Waals surface area contributed by atoms with Crippen molar-refractivity contribution in [3.05, 3.63) is 0 Å². The maximum absolute atomic E-state index is 13.4. The second kappa shape index (κ2) is 29.0. The molecule has 47 heavy (non-hydrogen) atoms. The van der Waals surface area contributed by atoms with Crippen LogP contribution in [0.3, 0.4) is 0 Å². The van der Waals surface area contributed by atoms with Gasteiger partial charge in [-0.25, -0.2) is 0 Å². The lowest BCUT2D eigenvalue weighted by atomic mass is 9.83. The van der Waals surface area contributed by atoms with Crippen molar-refractivity contribution < 1.29 is 39.4 Å². The summed E-state index contributed by atoms with van der Waals surface area (Å²) in [4.78, 5) is 13.4. The summed E-state index contributed by atoms with van der Waals surface area (Å²) in [5.41, 5.74) is 0. The maximum atomic E-state index is 13.4. The van der Waals surface area contributed by atoms with E-state index in [1.807, 2.05) is 6.92 Å². The molecule has 280 valence electrons. The molecule has 1 heterocycles. The molecule has 0 bridgehead atoms. The highest BCUT2D eigenvalue weighted by Gasteiger charge is 2.45. The zero-order valence-electron chi connectivity index (χ0n) is 30.9. The lowest BCUT2D eigenvalue weighted by molar-refractivity contribution is -0.295. The topological polar surface area (TPSA) is 126 Å². The Morgan fingerprint density at radius 1 is 0.617 bits per heavy atom. The summed E-state index contributed by atoms with van der Waals surface area (Å²) < 4.78 is 16.2. The van der Waals surface area contributed by atoms with Crippen LogP contribution in [0.5, 0.6) is 0 Å². The van der Waals surface area contributed by atoms with Crippen molar-refractivity contribution in [2.45, 2.75) is 218 Å². The number of carbonyl (C=O) groups excluding carboxylic acids is 1. The Balaban J connectivity index is 2.51. The Bertz CT molecular complexity index is 719. The average molecular weight is 673 g/mol. The van der Waals surface area contributed by atoms with Crippen molar-refractivity contribution in [2.75, 3.05) is 13.7 Å². The van der Waals surface area contributed by atoms with E-state index in [1.165, 1.54) is 123 Å². The fourth-order valence-electron chi connectivity index (χ4n) is 6.96. The molecule has 8 atom stereocenters. The zero-order valence-corrected chi connectivity index (χ0v) is 30.9. The highest BCUT2D eigenvalue weighted by Crippen LogP contribution is 2.28. The molecule has 0 aromatic rings. The predicted molar refractivity (Wildman–Crippen MR) is 190 cm³/mol. The normalized spacial score (nSPS) is 23.4. The van der Waals surface area contributed by atoms with Gasteiger partial charge < -0.3 is 34.6 Å². The van der Waals surface area contributed by atoms with Crippen molar-refractivity contribution in [3.8, 4) is 0 Å². The Labute approximate surface area is 288 Å². The molecule has 1 saturated heterocycles. The summed E-state index contributed by atoms with van der Waals surface area (Å²) in [6, 6.07) is 0. The van der Waals surface area contributed by atoms with E-state index in [-0.39, 0.29) is 12.5 Å². The van der Waals surface area contributed by atoms with E-state index in [4.69, 9.17) is 14.2 Å². The minimum absolute atomic E-state index is 0.0511. The van der Waals surface area contributed by atoms with Crippen molar-refractivity contribution >= 4 is 5.97 Å². The number of ether oxygens (including phenoxy) is 3. The van der Waals surface area contributed by atoms with Gasteiger partial charge in [0.1, 0.15) is 31.0 Å². The van der Waals surface area contributed by atoms with Crippen LogP contribution in [0, 0.1) is 11.8 Å². The maximum Gasteiger partial charge on any atom is 0.311 e. The van der Waals surface area contributed by atoms with Crippen molar-refractivity contribution in [3.63, 3.8) is 0 Å². The molecule has 0 amide bonds. The highest BCUT2D eigenvalue weighted by atomic mass is 16.7. The van der Waals surface area contributed by atoms with E-state index in [0.717, 1.165) is 38.5 Å². The Morgan fingerprint density at radius 3 is 1.45 bits per heavy atom. The smallest absolute Gasteiger partial charge is 0.311 e. The molecular weight excluding hydrogens is 596 g/mol. The number of rotatable bonds is 31. The van der Waals surface area contributed by atoms with Gasteiger partial charge in [-0.05, 0) is 18.8 Å². The first kappa shape index (κ1) is 44.3. The number of hydrogen-bond acceptors (Lipinski definition) is 8. The van der Waals surface area contributed by atoms with Crippen LogP contribution in [0.1, 0.15) is 181 Å². The van der Waals surface area contributed by atoms with Crippen LogP contribution in [0.2, 0.25) is 0 Å². The van der Waals surface area contributed by atoms with Crippen LogP contribution >= 0.6 is 0 Å². The molecule has 0 aliphatic carbocycles. The molecule has 0 radical (unpaired) electrons. The number of esters is 1. The van der Waals surface area contributed by atoms with Crippen molar-refractivity contribution in [1.82, 2.24) is 0 Å². The van der Waals surface area contributed by atoms with Crippen molar-refractivity contribution in [1.29, 1.82) is 0 Å². The molecule has 0 unspecified atom stereocenters. The number of aliphatic hydroxyl groups is 4. The van der Waals surface area contributed by atoms with Gasteiger partial charge in [0, 0.05) is 7.11 Å². The van der Waals surface area contributed by atoms with Crippen LogP contribution in [0.25, 0.3) is 0 Å². The average Bonchev–Trinajstić information content (AvgIpc) is 3.06. The van der Waals surface area contributed by atoms with Crippen LogP contribution in [0.4, 0.5) is 0 Å². The molecule has 1 aliphatic heterocycles. The Morgan fingerprint density at radius 2 is 1.02 bits per heavy atom. The van der Waals surface area contributed by atoms with Gasteiger partial charge in [-0.1, -0.05) is 168 Å². The molecule has 0 aromatic heterocycles. The van der Waals surface area contributed by atoms with Gasteiger partial charge in [0.2, 0.25) is 0 Å². The molecule has 4 N–H and O–H groups in total. The summed E-state index contributed by atoms with van der Waals surface area (Å²) in [6.45, 7) is 6.23. The van der Waals surface area contributed by atoms with Crippen LogP contribution in [0.15, 0.2) is 0 Å². The van der Waals surface area contributed by atoms with Gasteiger partial charge in [-0.3, -0.25) is 4.79 Å². The number of aliphatic hydroxyl groups excluding tert-OH is 4. The monoisotopic (exact) mass is 673 g/mol. The van der Waals surface area contributed by atoms with Crippen LogP contribution < -0.4 is 0 Å². The number of carbonyl (C=O) groups is 1. The lowest BCUT2D eigenvalue weighted by Crippen LogP contribution is -2.59. The van der Waals surface area contributed by atoms with Gasteiger partial charge >= 0.3 is 5.97 Å². The van der Waals surface area contributed by atoms with E-state index in [9.17, 15) is 25.2 Å². The third-order valence-corrected chi connectivity index (χ3v) is 10.2. The standard InChI is InChI=1S/C39H76O8/c1-5-7-9-11-13-15-17-18-19-21-23-25-27-29-32(40)34(31(3)28-26-24-22-20-16-14-12-10-8-6-2)38(44)46-30-33-35(41)36(42)37(43)39(45-4)47-33/h31-37,39-43H,5-30H2,1-4H3/t31-,32+,33-,34-,35-,36+,37-,39+/m1/s1. The summed E-state index contributed by atoms with van der Waals surface area (Å²) >= 11 is 0. The van der Waals surface area contributed by atoms with Gasteiger partial charge in [-0.15, -0.1) is 0 Å². The van der Waals surface area contributed by atoms with Gasteiger partial charge in [0.15, 0.2) is 6.29 Å². The molecule has 0 spiro atoms. The Hall–Kier alpha value is -0.770. The van der Waals surface area contributed by atoms with E-state index < -0.39 is 48.7 Å². The van der Waals surface area contributed by atoms with E-state index in [2.05, 4.69) is 13.8 Å². The predicted octanol–water partition coefficient (Wildman–Crippen LogP) is 8.39. The number of hydrogen-bond donors (Lipinski definition) is 4. The first-order valence-corrected chi connectivity index (χ1v) is 19.9. The fraction of sp³-hybridized carbons (Fsp3) is 0.974. The molecule has 1 rings (SSSR count). The van der Waals surface area contributed by atoms with Gasteiger partial charge in [0.05, 0.1) is 12.0 Å². The molecule has 1 aliphatic rings. The Kier molecular flexibility index (Phi) is 27.3. The second-order valence-corrected chi connectivity index (χ2v) is 14.5. The quantitative estimate of drug-likeness (QED) is 0.0428. The third kappa shape index (κ3) is 19.9. The van der Waals surface area contributed by atoms with Crippen LogP contribution in [-0.2, 0) is 19.0 Å². The van der Waals surface area contributed by atoms with Gasteiger partial charge in [0.25, 0.3) is 0 Å². The minimum Gasteiger partial charge on any atom is -0.463 e. The molecule has 8 nitrogen and oxygen atoms in total. The molecular formula is C39H76O8. The van der Waals surface area contributed by atoms with Crippen molar-refractivity contribution in [2.24, 2.45) is 11.8 Å². The fourth-order valence-corrected chi connectivity index (χ4v) is 6.96. The largest absolute Gasteiger partial charge is 0.463 e. The molecule has 1 fully saturated rings. The minimum atomic E-state index is -1.48. The zero-order chi connectivity index (χ0) is 34.7. The summed E-state index contributed by atoms with van der Waals surface area (Å²) in [5, 5.41) is 41.9. The number of unbranched alkanes of at least 4 members (excludes halogenated alkanes) is 21. The molecule has 0 aromatic carbocycles. The first-order chi connectivity index (χ1) is 22.8. The third-order valence-electron chi connectivity index (χ3n) is 10.2.